The van der Waals surface area contributed by atoms with Crippen molar-refractivity contribution in [3.05, 3.63) is 40.3 Å². The number of amides is 1. The summed E-state index contributed by atoms with van der Waals surface area (Å²) in [6.45, 7) is 1.29. The van der Waals surface area contributed by atoms with Crippen molar-refractivity contribution in [2.24, 2.45) is 13.0 Å². The number of aryl methyl sites for hydroxylation is 1. The molecule has 0 spiro atoms. The van der Waals surface area contributed by atoms with Gasteiger partial charge < -0.3 is 4.90 Å². The van der Waals surface area contributed by atoms with Crippen LogP contribution >= 0.6 is 11.3 Å². The first-order chi connectivity index (χ1) is 10.2. The Labute approximate surface area is 127 Å². The molecule has 21 heavy (non-hydrogen) atoms. The first kappa shape index (κ1) is 14.0. The number of hydrogen-bond acceptors (Lipinski definition) is 4. The standard InChI is InChI=1S/C15H17N3O2S/c1-17-12(4-7-16-17)14(19)11-5-8-18(9-6-11)15(20)13-3-2-10-21-13/h2-4,7,10-11H,5-6,8-9H2,1H3. The van der Waals surface area contributed by atoms with Gasteiger partial charge in [0.25, 0.3) is 5.91 Å². The van der Waals surface area contributed by atoms with Gasteiger partial charge in [-0.15, -0.1) is 11.3 Å². The minimum absolute atomic E-state index is 0.00668. The number of thiophene rings is 1. The molecule has 0 N–H and O–H groups in total. The van der Waals surface area contributed by atoms with Crippen molar-refractivity contribution >= 4 is 23.0 Å². The average molecular weight is 303 g/mol. The molecule has 1 amide bonds. The zero-order chi connectivity index (χ0) is 14.8. The number of carbonyl (C=O) groups is 2. The van der Waals surface area contributed by atoms with Crippen LogP contribution in [-0.2, 0) is 7.05 Å². The Morgan fingerprint density at radius 2 is 2.05 bits per heavy atom. The highest BCUT2D eigenvalue weighted by Crippen LogP contribution is 2.23. The van der Waals surface area contributed by atoms with E-state index >= 15 is 0 Å². The highest BCUT2D eigenvalue weighted by molar-refractivity contribution is 7.12. The number of likely N-dealkylation sites (tertiary alicyclic amines) is 1. The number of ketones is 1. The fourth-order valence-corrected chi connectivity index (χ4v) is 3.42. The van der Waals surface area contributed by atoms with E-state index in [-0.39, 0.29) is 17.6 Å². The highest BCUT2D eigenvalue weighted by atomic mass is 32.1. The normalized spacial score (nSPS) is 16.1. The van der Waals surface area contributed by atoms with Crippen molar-refractivity contribution in [3.63, 3.8) is 0 Å². The van der Waals surface area contributed by atoms with Crippen molar-refractivity contribution < 1.29 is 9.59 Å². The predicted octanol–water partition coefficient (Wildman–Crippen LogP) is 2.22. The predicted molar refractivity (Wildman–Crippen MR) is 80.5 cm³/mol. The number of carbonyl (C=O) groups excluding carboxylic acids is 2. The first-order valence-electron chi connectivity index (χ1n) is 7.02. The number of piperidine rings is 1. The van der Waals surface area contributed by atoms with Crippen LogP contribution in [0.1, 0.15) is 33.0 Å². The molecule has 0 saturated carbocycles. The lowest BCUT2D eigenvalue weighted by Crippen LogP contribution is -2.40. The summed E-state index contributed by atoms with van der Waals surface area (Å²) in [5.74, 6) is 0.211. The highest BCUT2D eigenvalue weighted by Gasteiger charge is 2.29. The van der Waals surface area contributed by atoms with Gasteiger partial charge in [-0.2, -0.15) is 5.10 Å². The Morgan fingerprint density at radius 1 is 1.29 bits per heavy atom. The molecule has 3 rings (SSSR count). The molecular formula is C15H17N3O2S. The van der Waals surface area contributed by atoms with Gasteiger partial charge in [-0.05, 0) is 30.4 Å². The van der Waals surface area contributed by atoms with Crippen molar-refractivity contribution in [1.82, 2.24) is 14.7 Å². The number of nitrogens with zero attached hydrogens (tertiary/aromatic N) is 3. The van der Waals surface area contributed by atoms with Crippen LogP contribution in [-0.4, -0.2) is 39.5 Å². The minimum atomic E-state index is -0.00668. The van der Waals surface area contributed by atoms with E-state index in [1.165, 1.54) is 11.3 Å². The van der Waals surface area contributed by atoms with Crippen LogP contribution in [0.2, 0.25) is 0 Å². The number of aromatic nitrogens is 2. The zero-order valence-corrected chi connectivity index (χ0v) is 12.7. The summed E-state index contributed by atoms with van der Waals surface area (Å²) in [6, 6.07) is 5.49. The van der Waals surface area contributed by atoms with E-state index in [0.29, 0.717) is 18.8 Å². The summed E-state index contributed by atoms with van der Waals surface area (Å²) in [6.07, 6.45) is 3.09. The minimum Gasteiger partial charge on any atom is -0.338 e. The second kappa shape index (κ2) is 5.81. The monoisotopic (exact) mass is 303 g/mol. The zero-order valence-electron chi connectivity index (χ0n) is 11.9. The molecule has 2 aromatic rings. The van der Waals surface area contributed by atoms with Crippen molar-refractivity contribution in [1.29, 1.82) is 0 Å². The van der Waals surface area contributed by atoms with E-state index in [0.717, 1.165) is 17.7 Å². The fraction of sp³-hybridized carbons (Fsp3) is 0.400. The van der Waals surface area contributed by atoms with Gasteiger partial charge in [0.15, 0.2) is 5.78 Å². The quantitative estimate of drug-likeness (QED) is 0.817. The Kier molecular flexibility index (Phi) is 3.88. The van der Waals surface area contributed by atoms with Crippen LogP contribution in [0.5, 0.6) is 0 Å². The summed E-state index contributed by atoms with van der Waals surface area (Å²) in [5.41, 5.74) is 0.651. The molecule has 6 heteroatoms. The van der Waals surface area contributed by atoms with Gasteiger partial charge in [-0.1, -0.05) is 6.07 Å². The summed E-state index contributed by atoms with van der Waals surface area (Å²) in [4.78, 5) is 27.3. The maximum absolute atomic E-state index is 12.4. The molecule has 0 aromatic carbocycles. The van der Waals surface area contributed by atoms with E-state index in [9.17, 15) is 9.59 Å². The fourth-order valence-electron chi connectivity index (χ4n) is 2.73. The van der Waals surface area contributed by atoms with Gasteiger partial charge in [0.1, 0.15) is 5.69 Å². The second-order valence-corrected chi connectivity index (χ2v) is 6.20. The van der Waals surface area contributed by atoms with Gasteiger partial charge in [0.2, 0.25) is 0 Å². The van der Waals surface area contributed by atoms with E-state index in [4.69, 9.17) is 0 Å². The lowest BCUT2D eigenvalue weighted by atomic mass is 9.91. The number of rotatable bonds is 3. The average Bonchev–Trinajstić information content (AvgIpc) is 3.17. The van der Waals surface area contributed by atoms with Gasteiger partial charge >= 0.3 is 0 Å². The molecule has 110 valence electrons. The van der Waals surface area contributed by atoms with Crippen LogP contribution < -0.4 is 0 Å². The molecule has 0 aliphatic carbocycles. The summed E-state index contributed by atoms with van der Waals surface area (Å²) >= 11 is 1.46. The molecule has 0 bridgehead atoms. The van der Waals surface area contributed by atoms with E-state index in [2.05, 4.69) is 5.10 Å². The largest absolute Gasteiger partial charge is 0.338 e. The smallest absolute Gasteiger partial charge is 0.263 e. The van der Waals surface area contributed by atoms with E-state index in [1.54, 1.807) is 24.0 Å². The lowest BCUT2D eigenvalue weighted by Gasteiger charge is -2.31. The van der Waals surface area contributed by atoms with Crippen molar-refractivity contribution in [2.75, 3.05) is 13.1 Å². The van der Waals surface area contributed by atoms with E-state index in [1.807, 2.05) is 22.4 Å². The number of Topliss-reactive ketones (excluding diaryl/α,β-unsaturated/α-hetero) is 1. The molecular weight excluding hydrogens is 286 g/mol. The van der Waals surface area contributed by atoms with Crippen LogP contribution in [0.25, 0.3) is 0 Å². The molecule has 1 aliphatic rings. The molecule has 1 fully saturated rings. The topological polar surface area (TPSA) is 55.2 Å². The molecule has 1 aliphatic heterocycles. The molecule has 0 atom stereocenters. The third-order valence-electron chi connectivity index (χ3n) is 3.96. The van der Waals surface area contributed by atoms with Gasteiger partial charge in [-0.3, -0.25) is 14.3 Å². The van der Waals surface area contributed by atoms with Gasteiger partial charge in [0.05, 0.1) is 4.88 Å². The van der Waals surface area contributed by atoms with E-state index < -0.39 is 0 Å². The van der Waals surface area contributed by atoms with Gasteiger partial charge in [-0.25, -0.2) is 0 Å². The maximum Gasteiger partial charge on any atom is 0.263 e. The Hall–Kier alpha value is -1.95. The Morgan fingerprint density at radius 3 is 2.62 bits per heavy atom. The van der Waals surface area contributed by atoms with Gasteiger partial charge in [0, 0.05) is 32.3 Å². The van der Waals surface area contributed by atoms with Crippen LogP contribution in [0.15, 0.2) is 29.8 Å². The van der Waals surface area contributed by atoms with Crippen LogP contribution in [0.3, 0.4) is 0 Å². The number of hydrogen-bond donors (Lipinski definition) is 0. The first-order valence-corrected chi connectivity index (χ1v) is 7.90. The van der Waals surface area contributed by atoms with Crippen molar-refractivity contribution in [3.8, 4) is 0 Å². The molecule has 0 radical (unpaired) electrons. The van der Waals surface area contributed by atoms with Crippen LogP contribution in [0, 0.1) is 5.92 Å². The molecule has 5 nitrogen and oxygen atoms in total. The second-order valence-electron chi connectivity index (χ2n) is 5.25. The Bertz CT molecular complexity index is 640. The summed E-state index contributed by atoms with van der Waals surface area (Å²) in [5, 5.41) is 5.95. The molecule has 2 aromatic heterocycles. The summed E-state index contributed by atoms with van der Waals surface area (Å²) < 4.78 is 1.62. The lowest BCUT2D eigenvalue weighted by molar-refractivity contribution is 0.0651. The maximum atomic E-state index is 12.4. The Balaban J connectivity index is 1.62. The van der Waals surface area contributed by atoms with Crippen molar-refractivity contribution in [2.45, 2.75) is 12.8 Å². The SMILES string of the molecule is Cn1nccc1C(=O)C1CCN(C(=O)c2cccs2)CC1. The molecule has 3 heterocycles. The third-order valence-corrected chi connectivity index (χ3v) is 4.82. The third kappa shape index (κ3) is 2.76. The molecule has 0 unspecified atom stereocenters. The van der Waals surface area contributed by atoms with Crippen LogP contribution in [0.4, 0.5) is 0 Å². The molecule has 1 saturated heterocycles. The summed E-state index contributed by atoms with van der Waals surface area (Å²) in [7, 11) is 1.78.